The Morgan fingerprint density at radius 1 is 1.33 bits per heavy atom. The molecule has 1 aliphatic heterocycles. The SMILES string of the molecule is N/C=C\C(N)=N/c1ncc(N2CCNCC2)c2nccn12. The maximum Gasteiger partial charge on any atom is 0.237 e. The van der Waals surface area contributed by atoms with Gasteiger partial charge in [0.2, 0.25) is 5.95 Å². The smallest absolute Gasteiger partial charge is 0.237 e. The highest BCUT2D eigenvalue weighted by Crippen LogP contribution is 2.23. The highest BCUT2D eigenvalue weighted by Gasteiger charge is 2.16. The predicted molar refractivity (Wildman–Crippen MR) is 82.7 cm³/mol. The van der Waals surface area contributed by atoms with E-state index in [-0.39, 0.29) is 0 Å². The number of nitrogens with two attached hydrogens (primary N) is 2. The van der Waals surface area contributed by atoms with Crippen LogP contribution in [0.5, 0.6) is 0 Å². The summed E-state index contributed by atoms with van der Waals surface area (Å²) >= 11 is 0. The lowest BCUT2D eigenvalue weighted by Gasteiger charge is -2.29. The summed E-state index contributed by atoms with van der Waals surface area (Å²) in [4.78, 5) is 15.3. The number of piperazine rings is 1. The summed E-state index contributed by atoms with van der Waals surface area (Å²) in [7, 11) is 0. The molecule has 0 radical (unpaired) electrons. The summed E-state index contributed by atoms with van der Waals surface area (Å²) in [6.07, 6.45) is 8.22. The Bertz CT molecular complexity index is 681. The zero-order valence-electron chi connectivity index (χ0n) is 11.6. The van der Waals surface area contributed by atoms with Crippen LogP contribution in [0.15, 0.2) is 35.9 Å². The second kappa shape index (κ2) is 5.80. The van der Waals surface area contributed by atoms with Crippen LogP contribution in [0.1, 0.15) is 0 Å². The molecule has 0 aromatic carbocycles. The van der Waals surface area contributed by atoms with Crippen LogP contribution in [0.2, 0.25) is 0 Å². The molecule has 8 nitrogen and oxygen atoms in total. The number of hydrogen-bond donors (Lipinski definition) is 3. The van der Waals surface area contributed by atoms with E-state index in [0.717, 1.165) is 37.5 Å². The molecular formula is C13H18N8. The van der Waals surface area contributed by atoms with Crippen LogP contribution in [-0.4, -0.2) is 46.4 Å². The Hall–Kier alpha value is -2.61. The first-order valence-corrected chi connectivity index (χ1v) is 6.80. The van der Waals surface area contributed by atoms with Crippen LogP contribution in [0, 0.1) is 0 Å². The second-order valence-corrected chi connectivity index (χ2v) is 4.70. The molecule has 0 spiro atoms. The molecule has 110 valence electrons. The van der Waals surface area contributed by atoms with Gasteiger partial charge in [0, 0.05) is 38.6 Å². The van der Waals surface area contributed by atoms with Crippen molar-refractivity contribution in [2.45, 2.75) is 0 Å². The summed E-state index contributed by atoms with van der Waals surface area (Å²) in [5.41, 5.74) is 12.9. The molecule has 1 fully saturated rings. The van der Waals surface area contributed by atoms with E-state index in [2.05, 4.69) is 25.2 Å². The average Bonchev–Trinajstić information content (AvgIpc) is 2.98. The molecule has 8 heteroatoms. The van der Waals surface area contributed by atoms with Crippen molar-refractivity contribution in [1.82, 2.24) is 19.7 Å². The number of fused-ring (bicyclic) bond motifs is 1. The largest absolute Gasteiger partial charge is 0.404 e. The van der Waals surface area contributed by atoms with E-state index < -0.39 is 0 Å². The van der Waals surface area contributed by atoms with Gasteiger partial charge in [-0.05, 0) is 12.3 Å². The van der Waals surface area contributed by atoms with Crippen molar-refractivity contribution in [2.75, 3.05) is 31.1 Å². The number of anilines is 1. The lowest BCUT2D eigenvalue weighted by Crippen LogP contribution is -2.43. The zero-order valence-corrected chi connectivity index (χ0v) is 11.6. The van der Waals surface area contributed by atoms with Gasteiger partial charge in [0.1, 0.15) is 5.84 Å². The molecule has 2 aromatic heterocycles. The van der Waals surface area contributed by atoms with E-state index >= 15 is 0 Å². The number of aliphatic imine (C=N–C) groups is 1. The fourth-order valence-corrected chi connectivity index (χ4v) is 2.36. The van der Waals surface area contributed by atoms with Gasteiger partial charge in [0.15, 0.2) is 5.65 Å². The monoisotopic (exact) mass is 286 g/mol. The zero-order chi connectivity index (χ0) is 14.7. The molecule has 0 unspecified atom stereocenters. The highest BCUT2D eigenvalue weighted by molar-refractivity contribution is 5.92. The summed E-state index contributed by atoms with van der Waals surface area (Å²) in [6.45, 7) is 3.79. The lowest BCUT2D eigenvalue weighted by molar-refractivity contribution is 0.589. The van der Waals surface area contributed by atoms with Crippen LogP contribution in [0.4, 0.5) is 11.6 Å². The molecule has 5 N–H and O–H groups in total. The van der Waals surface area contributed by atoms with Gasteiger partial charge >= 0.3 is 0 Å². The van der Waals surface area contributed by atoms with E-state index in [4.69, 9.17) is 11.5 Å². The molecule has 1 aliphatic rings. The number of rotatable bonds is 3. The van der Waals surface area contributed by atoms with Crippen molar-refractivity contribution in [1.29, 1.82) is 0 Å². The molecule has 0 amide bonds. The first kappa shape index (κ1) is 13.4. The van der Waals surface area contributed by atoms with E-state index in [1.54, 1.807) is 12.4 Å². The predicted octanol–water partition coefficient (Wildman–Crippen LogP) is -0.400. The number of imidazole rings is 1. The number of nitrogens with one attached hydrogen (secondary N) is 1. The van der Waals surface area contributed by atoms with Gasteiger partial charge in [-0.3, -0.25) is 4.40 Å². The standard InChI is InChI=1S/C13H18N8/c14-2-1-11(15)19-13-18-9-10(12-17-5-8-21(12)13)20-6-3-16-4-7-20/h1-2,5,8-9,16H,3-4,6-7,14H2,(H2,15,18,19)/b2-1-. The summed E-state index contributed by atoms with van der Waals surface area (Å²) in [6, 6.07) is 0. The summed E-state index contributed by atoms with van der Waals surface area (Å²) in [5.74, 6) is 0.784. The van der Waals surface area contributed by atoms with Crippen molar-refractivity contribution in [3.05, 3.63) is 30.9 Å². The number of hydrogen-bond acceptors (Lipinski definition) is 6. The van der Waals surface area contributed by atoms with Crippen LogP contribution < -0.4 is 21.7 Å². The minimum atomic E-state index is 0.301. The Kier molecular flexibility index (Phi) is 3.69. The first-order chi connectivity index (χ1) is 10.3. The number of aromatic nitrogens is 3. The molecular weight excluding hydrogens is 268 g/mol. The van der Waals surface area contributed by atoms with E-state index in [1.807, 2.05) is 10.6 Å². The van der Waals surface area contributed by atoms with Gasteiger partial charge in [-0.25, -0.2) is 9.97 Å². The molecule has 3 heterocycles. The fraction of sp³-hybridized carbons (Fsp3) is 0.308. The van der Waals surface area contributed by atoms with Crippen molar-refractivity contribution >= 4 is 23.1 Å². The van der Waals surface area contributed by atoms with E-state index in [1.165, 1.54) is 12.3 Å². The minimum Gasteiger partial charge on any atom is -0.404 e. The fourth-order valence-electron chi connectivity index (χ4n) is 2.36. The minimum absolute atomic E-state index is 0.301. The molecule has 0 bridgehead atoms. The van der Waals surface area contributed by atoms with Gasteiger partial charge in [-0.2, -0.15) is 4.99 Å². The van der Waals surface area contributed by atoms with Gasteiger partial charge < -0.3 is 21.7 Å². The molecule has 3 rings (SSSR count). The van der Waals surface area contributed by atoms with Gasteiger partial charge in [-0.15, -0.1) is 0 Å². The van der Waals surface area contributed by atoms with Crippen molar-refractivity contribution in [2.24, 2.45) is 16.5 Å². The molecule has 0 aliphatic carbocycles. The topological polar surface area (TPSA) is 110 Å². The van der Waals surface area contributed by atoms with Gasteiger partial charge in [-0.1, -0.05) is 0 Å². The Morgan fingerprint density at radius 2 is 2.14 bits per heavy atom. The molecule has 0 saturated carbocycles. The van der Waals surface area contributed by atoms with Crippen LogP contribution in [-0.2, 0) is 0 Å². The summed E-state index contributed by atoms with van der Waals surface area (Å²) < 4.78 is 1.83. The molecule has 21 heavy (non-hydrogen) atoms. The van der Waals surface area contributed by atoms with Crippen LogP contribution in [0.3, 0.4) is 0 Å². The van der Waals surface area contributed by atoms with Gasteiger partial charge in [0.25, 0.3) is 0 Å². The average molecular weight is 286 g/mol. The van der Waals surface area contributed by atoms with Crippen LogP contribution >= 0.6 is 0 Å². The highest BCUT2D eigenvalue weighted by atomic mass is 15.2. The number of amidine groups is 1. The maximum absolute atomic E-state index is 5.75. The van der Waals surface area contributed by atoms with Gasteiger partial charge in [0.05, 0.1) is 11.9 Å². The second-order valence-electron chi connectivity index (χ2n) is 4.70. The Labute approximate surface area is 122 Å². The van der Waals surface area contributed by atoms with E-state index in [9.17, 15) is 0 Å². The summed E-state index contributed by atoms with van der Waals surface area (Å²) in [5, 5.41) is 3.33. The lowest BCUT2D eigenvalue weighted by atomic mass is 10.3. The quantitative estimate of drug-likeness (QED) is 0.523. The third-order valence-electron chi connectivity index (χ3n) is 3.34. The van der Waals surface area contributed by atoms with Crippen molar-refractivity contribution in [3.8, 4) is 0 Å². The third-order valence-corrected chi connectivity index (χ3v) is 3.34. The Morgan fingerprint density at radius 3 is 2.90 bits per heavy atom. The van der Waals surface area contributed by atoms with Crippen LogP contribution in [0.25, 0.3) is 5.65 Å². The normalized spacial score (nSPS) is 17.0. The Balaban J connectivity index is 2.03. The molecule has 0 atom stereocenters. The molecule has 1 saturated heterocycles. The van der Waals surface area contributed by atoms with E-state index in [0.29, 0.717) is 11.8 Å². The maximum atomic E-state index is 5.75. The first-order valence-electron chi connectivity index (χ1n) is 6.80. The third kappa shape index (κ3) is 2.65. The van der Waals surface area contributed by atoms with Crippen molar-refractivity contribution < 1.29 is 0 Å². The number of nitrogens with zero attached hydrogens (tertiary/aromatic N) is 5. The van der Waals surface area contributed by atoms with Crippen molar-refractivity contribution in [3.63, 3.8) is 0 Å². The molecule has 2 aromatic rings.